The molecule has 1 aliphatic rings. The molecule has 0 aromatic heterocycles. The molecule has 1 heterocycles. The molecule has 1 rings (SSSR count). The minimum atomic E-state index is -0.196. The van der Waals surface area contributed by atoms with Crippen molar-refractivity contribution >= 4 is 11.7 Å². The number of Topliss-reactive ketones (excluding diaryl/α,β-unsaturated/α-hetero) is 1. The zero-order valence-electron chi connectivity index (χ0n) is 11.2. The summed E-state index contributed by atoms with van der Waals surface area (Å²) in [6, 6.07) is 0.0222. The van der Waals surface area contributed by atoms with Crippen molar-refractivity contribution < 1.29 is 9.59 Å². The number of amides is 1. The van der Waals surface area contributed by atoms with Crippen LogP contribution in [0.5, 0.6) is 0 Å². The van der Waals surface area contributed by atoms with Crippen LogP contribution >= 0.6 is 0 Å². The number of rotatable bonds is 5. The number of nitrogens with one attached hydrogen (secondary N) is 1. The first kappa shape index (κ1) is 14.2. The molecule has 1 aliphatic heterocycles. The standard InChI is InChI=1S/C13H24N2O2/c1-4-6-10(2)14-13(17)11(3)15-8-5-7-12(16)9-15/h10-11H,4-9H2,1-3H3,(H,14,17). The average molecular weight is 240 g/mol. The van der Waals surface area contributed by atoms with Gasteiger partial charge in [-0.15, -0.1) is 0 Å². The molecule has 98 valence electrons. The second kappa shape index (κ2) is 6.74. The number of carbonyl (C=O) groups excluding carboxylic acids is 2. The van der Waals surface area contributed by atoms with Crippen LogP contribution < -0.4 is 5.32 Å². The lowest BCUT2D eigenvalue weighted by atomic mass is 10.1. The van der Waals surface area contributed by atoms with Crippen LogP contribution in [0.1, 0.15) is 46.5 Å². The van der Waals surface area contributed by atoms with E-state index < -0.39 is 0 Å². The van der Waals surface area contributed by atoms with E-state index in [9.17, 15) is 9.59 Å². The summed E-state index contributed by atoms with van der Waals surface area (Å²) in [5, 5.41) is 3.00. The van der Waals surface area contributed by atoms with E-state index in [1.54, 1.807) is 0 Å². The number of piperidine rings is 1. The Morgan fingerprint density at radius 1 is 1.47 bits per heavy atom. The molecule has 0 radical (unpaired) electrons. The lowest BCUT2D eigenvalue weighted by Crippen LogP contribution is -2.50. The van der Waals surface area contributed by atoms with Gasteiger partial charge in [-0.25, -0.2) is 0 Å². The predicted octanol–water partition coefficient (Wildman–Crippen LogP) is 1.34. The number of carbonyl (C=O) groups is 2. The highest BCUT2D eigenvalue weighted by atomic mass is 16.2. The first-order valence-corrected chi connectivity index (χ1v) is 6.60. The number of nitrogens with zero attached hydrogens (tertiary/aromatic N) is 1. The quantitative estimate of drug-likeness (QED) is 0.789. The van der Waals surface area contributed by atoms with Crippen molar-refractivity contribution in [3.8, 4) is 0 Å². The van der Waals surface area contributed by atoms with Gasteiger partial charge in [0.2, 0.25) is 5.91 Å². The number of hydrogen-bond donors (Lipinski definition) is 1. The van der Waals surface area contributed by atoms with Crippen molar-refractivity contribution in [3.63, 3.8) is 0 Å². The Bertz CT molecular complexity index is 279. The van der Waals surface area contributed by atoms with Crippen LogP contribution in [0.2, 0.25) is 0 Å². The highest BCUT2D eigenvalue weighted by Gasteiger charge is 2.26. The molecule has 0 saturated carbocycles. The maximum atomic E-state index is 12.0. The average Bonchev–Trinajstić information content (AvgIpc) is 2.28. The van der Waals surface area contributed by atoms with Crippen LogP contribution in [-0.4, -0.2) is 41.8 Å². The lowest BCUT2D eigenvalue weighted by Gasteiger charge is -2.31. The summed E-state index contributed by atoms with van der Waals surface area (Å²) in [6.07, 6.45) is 3.60. The molecule has 4 heteroatoms. The highest BCUT2D eigenvalue weighted by molar-refractivity contribution is 5.84. The molecule has 0 bridgehead atoms. The maximum Gasteiger partial charge on any atom is 0.237 e. The summed E-state index contributed by atoms with van der Waals surface area (Å²) in [5.74, 6) is 0.290. The third-order valence-corrected chi connectivity index (χ3v) is 3.32. The number of ketones is 1. The third kappa shape index (κ3) is 4.46. The molecule has 4 nitrogen and oxygen atoms in total. The maximum absolute atomic E-state index is 12.0. The fraction of sp³-hybridized carbons (Fsp3) is 0.846. The predicted molar refractivity (Wildman–Crippen MR) is 67.8 cm³/mol. The van der Waals surface area contributed by atoms with E-state index in [0.717, 1.165) is 25.8 Å². The van der Waals surface area contributed by atoms with Gasteiger partial charge in [0.1, 0.15) is 5.78 Å². The van der Waals surface area contributed by atoms with E-state index in [-0.39, 0.29) is 23.8 Å². The third-order valence-electron chi connectivity index (χ3n) is 3.32. The molecule has 1 N–H and O–H groups in total. The molecule has 1 fully saturated rings. The lowest BCUT2D eigenvalue weighted by molar-refractivity contribution is -0.129. The summed E-state index contributed by atoms with van der Waals surface area (Å²) in [5.41, 5.74) is 0. The van der Waals surface area contributed by atoms with Crippen LogP contribution in [-0.2, 0) is 9.59 Å². The monoisotopic (exact) mass is 240 g/mol. The Balaban J connectivity index is 2.42. The van der Waals surface area contributed by atoms with Crippen molar-refractivity contribution in [1.29, 1.82) is 0 Å². The van der Waals surface area contributed by atoms with Crippen LogP contribution in [0.25, 0.3) is 0 Å². The Morgan fingerprint density at radius 2 is 2.18 bits per heavy atom. The van der Waals surface area contributed by atoms with Crippen molar-refractivity contribution in [2.75, 3.05) is 13.1 Å². The first-order chi connectivity index (χ1) is 8.04. The molecular weight excluding hydrogens is 216 g/mol. The smallest absolute Gasteiger partial charge is 0.237 e. The minimum absolute atomic E-state index is 0.0423. The van der Waals surface area contributed by atoms with Gasteiger partial charge in [0, 0.05) is 12.5 Å². The molecule has 0 aromatic carbocycles. The van der Waals surface area contributed by atoms with Crippen LogP contribution in [0.15, 0.2) is 0 Å². The van der Waals surface area contributed by atoms with Gasteiger partial charge in [-0.05, 0) is 33.2 Å². The van der Waals surface area contributed by atoms with E-state index in [1.165, 1.54) is 0 Å². The van der Waals surface area contributed by atoms with E-state index in [4.69, 9.17) is 0 Å². The van der Waals surface area contributed by atoms with Crippen molar-refractivity contribution in [1.82, 2.24) is 10.2 Å². The molecule has 1 amide bonds. The summed E-state index contributed by atoms with van der Waals surface area (Å²) in [6.45, 7) is 7.29. The van der Waals surface area contributed by atoms with Crippen LogP contribution in [0.3, 0.4) is 0 Å². The molecule has 0 aromatic rings. The number of hydrogen-bond acceptors (Lipinski definition) is 3. The molecule has 1 saturated heterocycles. The van der Waals surface area contributed by atoms with Gasteiger partial charge in [0.25, 0.3) is 0 Å². The molecule has 17 heavy (non-hydrogen) atoms. The van der Waals surface area contributed by atoms with E-state index in [0.29, 0.717) is 13.0 Å². The van der Waals surface area contributed by atoms with Gasteiger partial charge in [-0.2, -0.15) is 0 Å². The Hall–Kier alpha value is -0.900. The topological polar surface area (TPSA) is 49.4 Å². The number of likely N-dealkylation sites (tertiary alicyclic amines) is 1. The molecule has 0 aliphatic carbocycles. The Morgan fingerprint density at radius 3 is 2.76 bits per heavy atom. The highest BCUT2D eigenvalue weighted by Crippen LogP contribution is 2.10. The van der Waals surface area contributed by atoms with Gasteiger partial charge in [-0.3, -0.25) is 14.5 Å². The van der Waals surface area contributed by atoms with Gasteiger partial charge in [0.15, 0.2) is 0 Å². The van der Waals surface area contributed by atoms with Gasteiger partial charge in [-0.1, -0.05) is 13.3 Å². The fourth-order valence-electron chi connectivity index (χ4n) is 2.23. The summed E-state index contributed by atoms with van der Waals surface area (Å²) in [7, 11) is 0. The molecule has 0 spiro atoms. The largest absolute Gasteiger partial charge is 0.352 e. The van der Waals surface area contributed by atoms with Crippen molar-refractivity contribution in [2.24, 2.45) is 0 Å². The van der Waals surface area contributed by atoms with Crippen LogP contribution in [0, 0.1) is 0 Å². The molecular formula is C13H24N2O2. The van der Waals surface area contributed by atoms with Crippen molar-refractivity contribution in [2.45, 2.75) is 58.5 Å². The van der Waals surface area contributed by atoms with E-state index >= 15 is 0 Å². The minimum Gasteiger partial charge on any atom is -0.352 e. The van der Waals surface area contributed by atoms with E-state index in [1.807, 2.05) is 18.7 Å². The second-order valence-electron chi connectivity index (χ2n) is 4.99. The normalized spacial score (nSPS) is 21.0. The Kier molecular flexibility index (Phi) is 5.62. The summed E-state index contributed by atoms with van der Waals surface area (Å²) < 4.78 is 0. The summed E-state index contributed by atoms with van der Waals surface area (Å²) in [4.78, 5) is 25.3. The summed E-state index contributed by atoms with van der Waals surface area (Å²) >= 11 is 0. The van der Waals surface area contributed by atoms with Gasteiger partial charge >= 0.3 is 0 Å². The fourth-order valence-corrected chi connectivity index (χ4v) is 2.23. The Labute approximate surface area is 104 Å². The van der Waals surface area contributed by atoms with Gasteiger partial charge in [0.05, 0.1) is 12.6 Å². The van der Waals surface area contributed by atoms with E-state index in [2.05, 4.69) is 12.2 Å². The zero-order chi connectivity index (χ0) is 12.8. The zero-order valence-corrected chi connectivity index (χ0v) is 11.2. The SMILES string of the molecule is CCCC(C)NC(=O)C(C)N1CCCC(=O)C1. The van der Waals surface area contributed by atoms with Crippen molar-refractivity contribution in [3.05, 3.63) is 0 Å². The second-order valence-corrected chi connectivity index (χ2v) is 4.99. The molecule has 2 unspecified atom stereocenters. The van der Waals surface area contributed by atoms with Crippen LogP contribution in [0.4, 0.5) is 0 Å². The molecule has 2 atom stereocenters. The van der Waals surface area contributed by atoms with Gasteiger partial charge < -0.3 is 5.32 Å². The first-order valence-electron chi connectivity index (χ1n) is 6.60.